The monoisotopic (exact) mass is 254 g/mol. The zero-order valence-electron chi connectivity index (χ0n) is 11.2. The van der Waals surface area contributed by atoms with Gasteiger partial charge in [-0.3, -0.25) is 4.79 Å². The molecular weight excluding hydrogens is 228 g/mol. The number of nitrogens with one attached hydrogen (secondary N) is 2. The van der Waals surface area contributed by atoms with E-state index in [4.69, 9.17) is 0 Å². The van der Waals surface area contributed by atoms with Gasteiger partial charge in [0.05, 0.1) is 6.10 Å². The van der Waals surface area contributed by atoms with Crippen molar-refractivity contribution in [2.75, 3.05) is 13.1 Å². The average Bonchev–Trinajstić information content (AvgIpc) is 2.40. The van der Waals surface area contributed by atoms with Crippen molar-refractivity contribution >= 4 is 5.91 Å². The van der Waals surface area contributed by atoms with Gasteiger partial charge < -0.3 is 15.7 Å². The minimum absolute atomic E-state index is 0.132. The Morgan fingerprint density at radius 1 is 1.17 bits per heavy atom. The van der Waals surface area contributed by atoms with Gasteiger partial charge in [-0.2, -0.15) is 0 Å². The van der Waals surface area contributed by atoms with Crippen LogP contribution in [0.25, 0.3) is 0 Å². The van der Waals surface area contributed by atoms with Gasteiger partial charge in [0.25, 0.3) is 0 Å². The molecule has 104 valence electrons. The third-order valence-electron chi connectivity index (χ3n) is 4.27. The zero-order valence-corrected chi connectivity index (χ0v) is 11.2. The molecule has 1 atom stereocenters. The topological polar surface area (TPSA) is 61.4 Å². The van der Waals surface area contributed by atoms with Crippen LogP contribution < -0.4 is 10.6 Å². The van der Waals surface area contributed by atoms with Crippen LogP contribution in [0.2, 0.25) is 0 Å². The summed E-state index contributed by atoms with van der Waals surface area (Å²) < 4.78 is 0. The quantitative estimate of drug-likeness (QED) is 0.706. The molecule has 0 unspecified atom stereocenters. The molecule has 4 nitrogen and oxygen atoms in total. The molecular formula is C14H26N2O2. The predicted molar refractivity (Wildman–Crippen MR) is 71.2 cm³/mol. The van der Waals surface area contributed by atoms with Crippen LogP contribution in [0.4, 0.5) is 0 Å². The Morgan fingerprint density at radius 3 is 2.61 bits per heavy atom. The van der Waals surface area contributed by atoms with Gasteiger partial charge in [-0.15, -0.1) is 0 Å². The molecule has 0 aromatic heterocycles. The molecule has 3 N–H and O–H groups in total. The van der Waals surface area contributed by atoms with Crippen LogP contribution in [-0.2, 0) is 4.79 Å². The highest BCUT2D eigenvalue weighted by Crippen LogP contribution is 2.24. The van der Waals surface area contributed by atoms with Gasteiger partial charge in [-0.25, -0.2) is 0 Å². The lowest BCUT2D eigenvalue weighted by atomic mass is 9.87. The van der Waals surface area contributed by atoms with Gasteiger partial charge in [0, 0.05) is 18.5 Å². The fourth-order valence-electron chi connectivity index (χ4n) is 3.02. The highest BCUT2D eigenvalue weighted by molar-refractivity contribution is 5.78. The van der Waals surface area contributed by atoms with E-state index in [2.05, 4.69) is 10.6 Å². The first-order valence-corrected chi connectivity index (χ1v) is 7.45. The van der Waals surface area contributed by atoms with Gasteiger partial charge in [-0.05, 0) is 51.5 Å². The molecule has 0 bridgehead atoms. The third kappa shape index (κ3) is 4.25. The number of amides is 1. The largest absolute Gasteiger partial charge is 0.393 e. The molecule has 4 heteroatoms. The Kier molecular flexibility index (Phi) is 5.45. The van der Waals surface area contributed by atoms with Crippen molar-refractivity contribution in [1.82, 2.24) is 10.6 Å². The van der Waals surface area contributed by atoms with Gasteiger partial charge in [0.1, 0.15) is 0 Å². The Labute approximate surface area is 110 Å². The lowest BCUT2D eigenvalue weighted by molar-refractivity contribution is -0.126. The number of carbonyl (C=O) groups excluding carboxylic acids is 1. The maximum absolute atomic E-state index is 11.9. The summed E-state index contributed by atoms with van der Waals surface area (Å²) in [6.07, 6.45) is 7.94. The fourth-order valence-corrected chi connectivity index (χ4v) is 3.02. The summed E-state index contributed by atoms with van der Waals surface area (Å²) in [5.41, 5.74) is 0. The van der Waals surface area contributed by atoms with Gasteiger partial charge in [0.15, 0.2) is 0 Å². The summed E-state index contributed by atoms with van der Waals surface area (Å²) in [5.74, 6) is 0.324. The van der Waals surface area contributed by atoms with E-state index in [0.717, 1.165) is 45.2 Å². The molecule has 1 heterocycles. The highest BCUT2D eigenvalue weighted by Gasteiger charge is 2.25. The van der Waals surface area contributed by atoms with Crippen molar-refractivity contribution in [2.24, 2.45) is 5.92 Å². The second kappa shape index (κ2) is 7.10. The summed E-state index contributed by atoms with van der Waals surface area (Å²) in [4.78, 5) is 11.9. The molecule has 0 radical (unpaired) electrons. The summed E-state index contributed by atoms with van der Waals surface area (Å²) in [6, 6.07) is 0.590. The number of hydrogen-bond donors (Lipinski definition) is 3. The van der Waals surface area contributed by atoms with Crippen LogP contribution in [0.3, 0.4) is 0 Å². The summed E-state index contributed by atoms with van der Waals surface area (Å²) >= 11 is 0. The van der Waals surface area contributed by atoms with Crippen LogP contribution in [0.5, 0.6) is 0 Å². The van der Waals surface area contributed by atoms with E-state index in [-0.39, 0.29) is 17.9 Å². The SMILES string of the molecule is O=C(NCC[C@H]1CCCCN1)C1CCC(O)CC1. The summed E-state index contributed by atoms with van der Waals surface area (Å²) in [6.45, 7) is 1.91. The lowest BCUT2D eigenvalue weighted by Crippen LogP contribution is -2.39. The van der Waals surface area contributed by atoms with Crippen molar-refractivity contribution in [3.8, 4) is 0 Å². The molecule has 2 fully saturated rings. The normalized spacial score (nSPS) is 33.1. The molecule has 0 aromatic rings. The van der Waals surface area contributed by atoms with Gasteiger partial charge in [-0.1, -0.05) is 6.42 Å². The van der Waals surface area contributed by atoms with Crippen molar-refractivity contribution in [2.45, 2.75) is 63.5 Å². The first-order chi connectivity index (χ1) is 8.75. The van der Waals surface area contributed by atoms with E-state index >= 15 is 0 Å². The smallest absolute Gasteiger partial charge is 0.223 e. The second-order valence-corrected chi connectivity index (χ2v) is 5.73. The van der Waals surface area contributed by atoms with E-state index in [1.807, 2.05) is 0 Å². The van der Waals surface area contributed by atoms with Crippen LogP contribution in [0.15, 0.2) is 0 Å². The first-order valence-electron chi connectivity index (χ1n) is 7.45. The maximum atomic E-state index is 11.9. The third-order valence-corrected chi connectivity index (χ3v) is 4.27. The number of piperidine rings is 1. The van der Waals surface area contributed by atoms with E-state index in [1.165, 1.54) is 19.3 Å². The molecule has 1 aliphatic carbocycles. The Morgan fingerprint density at radius 2 is 1.94 bits per heavy atom. The van der Waals surface area contributed by atoms with E-state index in [1.54, 1.807) is 0 Å². The van der Waals surface area contributed by atoms with Crippen LogP contribution in [-0.4, -0.2) is 36.2 Å². The Bertz CT molecular complexity index is 257. The molecule has 0 spiro atoms. The van der Waals surface area contributed by atoms with E-state index in [9.17, 15) is 9.90 Å². The summed E-state index contributed by atoms with van der Waals surface area (Å²) in [7, 11) is 0. The van der Waals surface area contributed by atoms with Crippen molar-refractivity contribution in [3.05, 3.63) is 0 Å². The van der Waals surface area contributed by atoms with Crippen LogP contribution in [0, 0.1) is 5.92 Å². The molecule has 1 saturated carbocycles. The molecule has 2 aliphatic rings. The molecule has 18 heavy (non-hydrogen) atoms. The number of rotatable bonds is 4. The number of aliphatic hydroxyl groups is 1. The number of carbonyl (C=O) groups is 1. The lowest BCUT2D eigenvalue weighted by Gasteiger charge is -2.26. The van der Waals surface area contributed by atoms with Crippen molar-refractivity contribution in [1.29, 1.82) is 0 Å². The first kappa shape index (κ1) is 13.8. The molecule has 1 saturated heterocycles. The molecule has 0 aromatic carbocycles. The number of aliphatic hydroxyl groups excluding tert-OH is 1. The Balaban J connectivity index is 1.59. The minimum atomic E-state index is -0.180. The van der Waals surface area contributed by atoms with E-state index < -0.39 is 0 Å². The van der Waals surface area contributed by atoms with Crippen LogP contribution >= 0.6 is 0 Å². The summed E-state index contributed by atoms with van der Waals surface area (Å²) in [5, 5.41) is 16.0. The zero-order chi connectivity index (χ0) is 12.8. The van der Waals surface area contributed by atoms with Gasteiger partial charge >= 0.3 is 0 Å². The molecule has 2 rings (SSSR count). The fraction of sp³-hybridized carbons (Fsp3) is 0.929. The highest BCUT2D eigenvalue weighted by atomic mass is 16.3. The standard InChI is InChI=1S/C14H26N2O2/c17-13-6-4-11(5-7-13)14(18)16-10-8-12-3-1-2-9-15-12/h11-13,15,17H,1-10H2,(H,16,18)/t11?,12-,13?/m1/s1. The number of hydrogen-bond acceptors (Lipinski definition) is 3. The predicted octanol–water partition coefficient (Wildman–Crippen LogP) is 1.19. The molecule has 1 aliphatic heterocycles. The maximum Gasteiger partial charge on any atom is 0.223 e. The Hall–Kier alpha value is -0.610. The van der Waals surface area contributed by atoms with Crippen molar-refractivity contribution in [3.63, 3.8) is 0 Å². The van der Waals surface area contributed by atoms with Crippen molar-refractivity contribution < 1.29 is 9.90 Å². The molecule has 1 amide bonds. The van der Waals surface area contributed by atoms with E-state index in [0.29, 0.717) is 6.04 Å². The average molecular weight is 254 g/mol. The second-order valence-electron chi connectivity index (χ2n) is 5.73. The minimum Gasteiger partial charge on any atom is -0.393 e. The van der Waals surface area contributed by atoms with Crippen LogP contribution in [0.1, 0.15) is 51.4 Å². The van der Waals surface area contributed by atoms with Gasteiger partial charge in [0.2, 0.25) is 5.91 Å².